The summed E-state index contributed by atoms with van der Waals surface area (Å²) >= 11 is 6.07. The van der Waals surface area contributed by atoms with Gasteiger partial charge in [0.05, 0.1) is 24.2 Å². The molecule has 1 N–H and O–H groups in total. The van der Waals surface area contributed by atoms with Crippen molar-refractivity contribution < 1.29 is 9.84 Å². The molecule has 0 bridgehead atoms. The molecule has 1 aromatic heterocycles. The van der Waals surface area contributed by atoms with E-state index in [9.17, 15) is 5.11 Å². The molecule has 1 aliphatic rings. The van der Waals surface area contributed by atoms with Gasteiger partial charge in [-0.2, -0.15) is 0 Å². The van der Waals surface area contributed by atoms with E-state index >= 15 is 0 Å². The number of morpholine rings is 1. The molecule has 0 spiro atoms. The summed E-state index contributed by atoms with van der Waals surface area (Å²) in [7, 11) is 0. The van der Waals surface area contributed by atoms with Crippen LogP contribution in [0.2, 0.25) is 5.02 Å². The van der Waals surface area contributed by atoms with Gasteiger partial charge in [0, 0.05) is 31.2 Å². The summed E-state index contributed by atoms with van der Waals surface area (Å²) < 4.78 is 7.43. The van der Waals surface area contributed by atoms with Gasteiger partial charge in [-0.1, -0.05) is 11.6 Å². The zero-order valence-electron chi connectivity index (χ0n) is 12.0. The highest BCUT2D eigenvalue weighted by Gasteiger charge is 2.12. The molecule has 21 heavy (non-hydrogen) atoms. The van der Waals surface area contributed by atoms with Gasteiger partial charge in [0.1, 0.15) is 12.4 Å². The summed E-state index contributed by atoms with van der Waals surface area (Å²) in [6, 6.07) is 5.64. The van der Waals surface area contributed by atoms with E-state index in [0.717, 1.165) is 56.8 Å². The summed E-state index contributed by atoms with van der Waals surface area (Å²) in [5.74, 6) is 0.703. The second-order valence-corrected chi connectivity index (χ2v) is 5.71. The van der Waals surface area contributed by atoms with Crippen molar-refractivity contribution in [3.05, 3.63) is 29.0 Å². The Kier molecular flexibility index (Phi) is 4.75. The summed E-state index contributed by atoms with van der Waals surface area (Å²) in [5.41, 5.74) is 1.88. The van der Waals surface area contributed by atoms with E-state index in [2.05, 4.69) is 14.5 Å². The molecule has 1 saturated heterocycles. The second kappa shape index (κ2) is 6.75. The van der Waals surface area contributed by atoms with Crippen LogP contribution in [0.1, 0.15) is 12.2 Å². The van der Waals surface area contributed by atoms with Crippen LogP contribution in [0.5, 0.6) is 0 Å². The summed E-state index contributed by atoms with van der Waals surface area (Å²) in [5, 5.41) is 10.2. The van der Waals surface area contributed by atoms with Crippen molar-refractivity contribution in [2.24, 2.45) is 0 Å². The predicted molar refractivity (Wildman–Crippen MR) is 82.5 cm³/mol. The van der Waals surface area contributed by atoms with Gasteiger partial charge in [0.15, 0.2) is 0 Å². The number of rotatable bonds is 5. The van der Waals surface area contributed by atoms with E-state index in [0.29, 0.717) is 10.8 Å². The molecule has 114 valence electrons. The van der Waals surface area contributed by atoms with Crippen molar-refractivity contribution in [2.75, 3.05) is 32.8 Å². The molecule has 1 aliphatic heterocycles. The Labute approximate surface area is 129 Å². The average molecular weight is 310 g/mol. The molecule has 1 fully saturated rings. The molecular formula is C15H20ClN3O2. The number of aryl methyl sites for hydroxylation is 1. The van der Waals surface area contributed by atoms with Crippen molar-refractivity contribution in [1.29, 1.82) is 0 Å². The summed E-state index contributed by atoms with van der Waals surface area (Å²) in [4.78, 5) is 6.87. The molecule has 0 saturated carbocycles. The molecule has 2 heterocycles. The highest BCUT2D eigenvalue weighted by Crippen LogP contribution is 2.21. The number of benzene rings is 1. The van der Waals surface area contributed by atoms with Crippen LogP contribution in [-0.4, -0.2) is 52.4 Å². The van der Waals surface area contributed by atoms with Gasteiger partial charge in [-0.05, 0) is 24.6 Å². The lowest BCUT2D eigenvalue weighted by atomic mass is 10.3. The fourth-order valence-corrected chi connectivity index (χ4v) is 2.96. The molecule has 2 aromatic rings. The average Bonchev–Trinajstić information content (AvgIpc) is 2.86. The van der Waals surface area contributed by atoms with E-state index in [4.69, 9.17) is 16.3 Å². The predicted octanol–water partition coefficient (Wildman–Crippen LogP) is 1.90. The lowest BCUT2D eigenvalue weighted by Gasteiger charge is -2.26. The van der Waals surface area contributed by atoms with Crippen LogP contribution < -0.4 is 0 Å². The van der Waals surface area contributed by atoms with Crippen molar-refractivity contribution in [3.63, 3.8) is 0 Å². The molecule has 0 aliphatic carbocycles. The van der Waals surface area contributed by atoms with Gasteiger partial charge < -0.3 is 14.4 Å². The number of imidazole rings is 1. The number of hydrogen-bond acceptors (Lipinski definition) is 4. The quantitative estimate of drug-likeness (QED) is 0.916. The molecule has 0 unspecified atom stereocenters. The molecule has 0 atom stereocenters. The molecule has 6 heteroatoms. The zero-order valence-corrected chi connectivity index (χ0v) is 12.7. The fourth-order valence-electron chi connectivity index (χ4n) is 2.79. The standard InChI is InChI=1S/C15H20ClN3O2/c16-12-2-3-13-14(10-12)19(15(11-20)17-13)5-1-4-18-6-8-21-9-7-18/h2-3,10,20H,1,4-9,11H2. The molecular weight excluding hydrogens is 290 g/mol. The lowest BCUT2D eigenvalue weighted by Crippen LogP contribution is -2.37. The van der Waals surface area contributed by atoms with E-state index < -0.39 is 0 Å². The van der Waals surface area contributed by atoms with E-state index in [-0.39, 0.29) is 6.61 Å². The Balaban J connectivity index is 1.71. The van der Waals surface area contributed by atoms with Gasteiger partial charge in [0.2, 0.25) is 0 Å². The monoisotopic (exact) mass is 309 g/mol. The van der Waals surface area contributed by atoms with Crippen LogP contribution in [0, 0.1) is 0 Å². The fraction of sp³-hybridized carbons (Fsp3) is 0.533. The van der Waals surface area contributed by atoms with Gasteiger partial charge in [-0.3, -0.25) is 4.90 Å². The van der Waals surface area contributed by atoms with Crippen LogP contribution in [-0.2, 0) is 17.9 Å². The third-order valence-electron chi connectivity index (χ3n) is 3.89. The summed E-state index contributed by atoms with van der Waals surface area (Å²) in [6.07, 6.45) is 1.02. The second-order valence-electron chi connectivity index (χ2n) is 5.28. The number of aromatic nitrogens is 2. The van der Waals surface area contributed by atoms with Gasteiger partial charge in [-0.15, -0.1) is 0 Å². The maximum absolute atomic E-state index is 9.49. The van der Waals surface area contributed by atoms with E-state index in [1.165, 1.54) is 0 Å². The highest BCUT2D eigenvalue weighted by atomic mass is 35.5. The third-order valence-corrected chi connectivity index (χ3v) is 4.13. The normalized spacial score (nSPS) is 16.7. The molecule has 0 radical (unpaired) electrons. The Morgan fingerprint density at radius 2 is 2.05 bits per heavy atom. The van der Waals surface area contributed by atoms with Crippen LogP contribution in [0.3, 0.4) is 0 Å². The van der Waals surface area contributed by atoms with Crippen molar-refractivity contribution in [1.82, 2.24) is 14.5 Å². The SMILES string of the molecule is OCc1nc2ccc(Cl)cc2n1CCCN1CCOCC1. The largest absolute Gasteiger partial charge is 0.388 e. The minimum atomic E-state index is -0.0517. The van der Waals surface area contributed by atoms with Gasteiger partial charge in [0.25, 0.3) is 0 Å². The zero-order chi connectivity index (χ0) is 14.7. The third kappa shape index (κ3) is 3.37. The lowest BCUT2D eigenvalue weighted by molar-refractivity contribution is 0.0369. The van der Waals surface area contributed by atoms with Crippen LogP contribution in [0.4, 0.5) is 0 Å². The number of fused-ring (bicyclic) bond motifs is 1. The van der Waals surface area contributed by atoms with Crippen LogP contribution in [0.15, 0.2) is 18.2 Å². The number of hydrogen-bond donors (Lipinski definition) is 1. The van der Waals surface area contributed by atoms with E-state index in [1.807, 2.05) is 18.2 Å². The first-order valence-electron chi connectivity index (χ1n) is 7.33. The van der Waals surface area contributed by atoms with Gasteiger partial charge >= 0.3 is 0 Å². The number of aliphatic hydroxyl groups excluding tert-OH is 1. The van der Waals surface area contributed by atoms with Crippen molar-refractivity contribution in [2.45, 2.75) is 19.6 Å². The molecule has 5 nitrogen and oxygen atoms in total. The van der Waals surface area contributed by atoms with E-state index in [1.54, 1.807) is 0 Å². The highest BCUT2D eigenvalue weighted by molar-refractivity contribution is 6.31. The number of aliphatic hydroxyl groups is 1. The number of ether oxygens (including phenoxy) is 1. The maximum Gasteiger partial charge on any atom is 0.135 e. The van der Waals surface area contributed by atoms with Crippen molar-refractivity contribution in [3.8, 4) is 0 Å². The topological polar surface area (TPSA) is 50.5 Å². The number of nitrogens with zero attached hydrogens (tertiary/aromatic N) is 3. The molecule has 3 rings (SSSR count). The molecule has 0 amide bonds. The Morgan fingerprint density at radius 3 is 2.81 bits per heavy atom. The minimum Gasteiger partial charge on any atom is -0.388 e. The Hall–Kier alpha value is -1.14. The number of halogens is 1. The Bertz CT molecular complexity index is 608. The van der Waals surface area contributed by atoms with Crippen LogP contribution in [0.25, 0.3) is 11.0 Å². The van der Waals surface area contributed by atoms with Crippen molar-refractivity contribution >= 4 is 22.6 Å². The first-order valence-corrected chi connectivity index (χ1v) is 7.71. The summed E-state index contributed by atoms with van der Waals surface area (Å²) in [6.45, 7) is 5.48. The molecule has 1 aromatic carbocycles. The smallest absolute Gasteiger partial charge is 0.135 e. The van der Waals surface area contributed by atoms with Crippen LogP contribution >= 0.6 is 11.6 Å². The Morgan fingerprint density at radius 1 is 1.24 bits per heavy atom. The maximum atomic E-state index is 9.49. The van der Waals surface area contributed by atoms with Gasteiger partial charge in [-0.25, -0.2) is 4.98 Å². The first kappa shape index (κ1) is 14.8. The first-order chi connectivity index (χ1) is 10.3. The minimum absolute atomic E-state index is 0.0517.